The van der Waals surface area contributed by atoms with Gasteiger partial charge in [0.2, 0.25) is 5.95 Å². The summed E-state index contributed by atoms with van der Waals surface area (Å²) in [5.74, 6) is 1.57. The van der Waals surface area contributed by atoms with Crippen LogP contribution in [0.15, 0.2) is 24.4 Å². The zero-order valence-corrected chi connectivity index (χ0v) is 23.2. The number of likely N-dealkylation sites (tertiary alicyclic amines) is 1. The van der Waals surface area contributed by atoms with Crippen LogP contribution in [0.2, 0.25) is 5.02 Å². The van der Waals surface area contributed by atoms with Crippen LogP contribution in [0.1, 0.15) is 46.1 Å². The summed E-state index contributed by atoms with van der Waals surface area (Å²) in [5, 5.41) is 16.9. The minimum absolute atomic E-state index is 0.0170. The predicted molar refractivity (Wildman–Crippen MR) is 147 cm³/mol. The van der Waals surface area contributed by atoms with Crippen molar-refractivity contribution < 1.29 is 9.47 Å². The molecule has 10 heteroatoms. The summed E-state index contributed by atoms with van der Waals surface area (Å²) in [6.45, 7) is 13.8. The van der Waals surface area contributed by atoms with E-state index in [2.05, 4.69) is 71.2 Å². The number of piperidine rings is 1. The van der Waals surface area contributed by atoms with Crippen molar-refractivity contribution in [3.8, 4) is 11.8 Å². The number of ether oxygens (including phenoxy) is 2. The molecular formula is C27H38ClN7O2. The van der Waals surface area contributed by atoms with Crippen LogP contribution in [-0.4, -0.2) is 83.4 Å². The van der Waals surface area contributed by atoms with Gasteiger partial charge in [-0.05, 0) is 65.8 Å². The first kappa shape index (κ1) is 27.4. The average Bonchev–Trinajstić information content (AvgIpc) is 2.84. The third-order valence-electron chi connectivity index (χ3n) is 7.51. The molecular weight excluding hydrogens is 490 g/mol. The third-order valence-corrected chi connectivity index (χ3v) is 7.81. The first-order chi connectivity index (χ1) is 17.6. The highest BCUT2D eigenvalue weighted by atomic mass is 35.5. The van der Waals surface area contributed by atoms with Gasteiger partial charge in [-0.2, -0.15) is 10.2 Å². The summed E-state index contributed by atoms with van der Waals surface area (Å²) in [5.41, 5.74) is 1.19. The van der Waals surface area contributed by atoms with Gasteiger partial charge >= 0.3 is 0 Å². The molecule has 0 bridgehead atoms. The van der Waals surface area contributed by atoms with Crippen LogP contribution in [0.5, 0.6) is 5.75 Å². The van der Waals surface area contributed by atoms with E-state index in [1.807, 2.05) is 12.1 Å². The Balaban J connectivity index is 1.41. The molecule has 200 valence electrons. The average molecular weight is 528 g/mol. The van der Waals surface area contributed by atoms with Gasteiger partial charge in [0.05, 0.1) is 24.4 Å². The fraction of sp³-hybridized carbons (Fsp3) is 0.593. The van der Waals surface area contributed by atoms with Crippen LogP contribution in [-0.2, 0) is 4.74 Å². The molecule has 2 fully saturated rings. The third kappa shape index (κ3) is 6.82. The van der Waals surface area contributed by atoms with E-state index in [0.29, 0.717) is 34.7 Å². The summed E-state index contributed by atoms with van der Waals surface area (Å²) in [6, 6.07) is 7.91. The van der Waals surface area contributed by atoms with Gasteiger partial charge in [-0.15, -0.1) is 0 Å². The van der Waals surface area contributed by atoms with Crippen molar-refractivity contribution in [2.45, 2.75) is 57.7 Å². The van der Waals surface area contributed by atoms with Crippen molar-refractivity contribution in [1.82, 2.24) is 19.8 Å². The van der Waals surface area contributed by atoms with Gasteiger partial charge in [0.1, 0.15) is 29.8 Å². The molecule has 0 amide bonds. The van der Waals surface area contributed by atoms with Crippen LogP contribution in [0.4, 0.5) is 17.5 Å². The Morgan fingerprint density at radius 2 is 1.89 bits per heavy atom. The van der Waals surface area contributed by atoms with E-state index in [1.54, 1.807) is 12.3 Å². The molecule has 4 rings (SSSR count). The minimum atomic E-state index is 0.0170. The van der Waals surface area contributed by atoms with E-state index in [-0.39, 0.29) is 17.1 Å². The molecule has 3 heterocycles. The molecule has 2 aromatic rings. The maximum Gasteiger partial charge on any atom is 0.229 e. The lowest BCUT2D eigenvalue weighted by molar-refractivity contribution is -0.00773. The lowest BCUT2D eigenvalue weighted by Gasteiger charge is -2.53. The molecule has 0 radical (unpaired) electrons. The minimum Gasteiger partial charge on any atom is -0.491 e. The number of nitrogens with one attached hydrogen (secondary N) is 2. The Labute approximate surface area is 225 Å². The number of nitriles is 1. The Bertz CT molecular complexity index is 1110. The Kier molecular flexibility index (Phi) is 8.44. The molecule has 0 atom stereocenters. The van der Waals surface area contributed by atoms with E-state index >= 15 is 0 Å². The van der Waals surface area contributed by atoms with Gasteiger partial charge in [-0.25, -0.2) is 4.98 Å². The molecule has 2 saturated heterocycles. The number of morpholine rings is 1. The summed E-state index contributed by atoms with van der Waals surface area (Å²) < 4.78 is 11.3. The summed E-state index contributed by atoms with van der Waals surface area (Å²) >= 11 is 6.49. The molecule has 0 aliphatic carbocycles. The molecule has 37 heavy (non-hydrogen) atoms. The zero-order chi connectivity index (χ0) is 26.6. The fourth-order valence-electron chi connectivity index (χ4n) is 5.23. The molecule has 0 unspecified atom stereocenters. The molecule has 1 aromatic carbocycles. The number of hydrogen-bond donors (Lipinski definition) is 2. The van der Waals surface area contributed by atoms with Crippen molar-refractivity contribution in [3.05, 3.63) is 35.0 Å². The smallest absolute Gasteiger partial charge is 0.229 e. The van der Waals surface area contributed by atoms with Crippen LogP contribution in [0.3, 0.4) is 0 Å². The zero-order valence-electron chi connectivity index (χ0n) is 22.5. The molecule has 0 saturated carbocycles. The predicted octanol–water partition coefficient (Wildman–Crippen LogP) is 4.52. The molecule has 2 aliphatic heterocycles. The number of anilines is 3. The highest BCUT2D eigenvalue weighted by Crippen LogP contribution is 2.38. The summed E-state index contributed by atoms with van der Waals surface area (Å²) in [4.78, 5) is 13.7. The Hall–Kier alpha value is -2.64. The van der Waals surface area contributed by atoms with Gasteiger partial charge in [0, 0.05) is 42.4 Å². The number of aromatic nitrogens is 2. The molecule has 9 nitrogen and oxygen atoms in total. The van der Waals surface area contributed by atoms with E-state index in [9.17, 15) is 5.26 Å². The van der Waals surface area contributed by atoms with Crippen LogP contribution in [0.25, 0.3) is 0 Å². The highest BCUT2D eigenvalue weighted by molar-refractivity contribution is 6.32. The second-order valence-corrected chi connectivity index (χ2v) is 11.5. The van der Waals surface area contributed by atoms with Gasteiger partial charge in [-0.3, -0.25) is 9.80 Å². The van der Waals surface area contributed by atoms with E-state index in [1.165, 1.54) is 0 Å². The normalized spacial score (nSPS) is 20.2. The number of nitrogens with zero attached hydrogens (tertiary/aromatic N) is 5. The monoisotopic (exact) mass is 527 g/mol. The molecule has 0 spiro atoms. The largest absolute Gasteiger partial charge is 0.491 e. The van der Waals surface area contributed by atoms with E-state index < -0.39 is 0 Å². The number of benzene rings is 1. The maximum atomic E-state index is 9.66. The molecule has 1 aromatic heterocycles. The van der Waals surface area contributed by atoms with Crippen molar-refractivity contribution in [1.29, 1.82) is 5.26 Å². The van der Waals surface area contributed by atoms with Crippen molar-refractivity contribution in [3.63, 3.8) is 0 Å². The lowest BCUT2D eigenvalue weighted by Crippen LogP contribution is -2.61. The molecule has 2 N–H and O–H groups in total. The topological polar surface area (TPSA) is 98.6 Å². The van der Waals surface area contributed by atoms with Gasteiger partial charge < -0.3 is 20.1 Å². The second kappa shape index (κ2) is 11.4. The summed E-state index contributed by atoms with van der Waals surface area (Å²) in [7, 11) is 2.18. The fourth-order valence-corrected chi connectivity index (χ4v) is 5.47. The lowest BCUT2D eigenvalue weighted by atomic mass is 9.77. The van der Waals surface area contributed by atoms with Crippen molar-refractivity contribution in [2.24, 2.45) is 0 Å². The van der Waals surface area contributed by atoms with E-state index in [0.717, 1.165) is 51.4 Å². The standard InChI is InChI=1S/C27H38ClN7O2/c1-26(2)15-21(16-27(3,4)34(26)5)31-24-19(17-29)18-30-25(33-24)32-20-6-7-23(22(28)14-20)37-13-10-35-8-11-36-12-9-35/h6-7,14,18,21H,8-13,15-16H2,1-5H3,(H2,30,31,32,33). The number of rotatable bonds is 8. The van der Waals surface area contributed by atoms with Gasteiger partial charge in [-0.1, -0.05) is 11.6 Å². The van der Waals surface area contributed by atoms with Crippen LogP contribution < -0.4 is 15.4 Å². The first-order valence-electron chi connectivity index (χ1n) is 12.8. The Morgan fingerprint density at radius 1 is 1.19 bits per heavy atom. The van der Waals surface area contributed by atoms with E-state index in [4.69, 9.17) is 21.1 Å². The quantitative estimate of drug-likeness (QED) is 0.513. The maximum absolute atomic E-state index is 9.66. The van der Waals surface area contributed by atoms with Crippen LogP contribution in [0, 0.1) is 11.3 Å². The first-order valence-corrected chi connectivity index (χ1v) is 13.2. The highest BCUT2D eigenvalue weighted by Gasteiger charge is 2.43. The van der Waals surface area contributed by atoms with Gasteiger partial charge in [0.15, 0.2) is 0 Å². The second-order valence-electron chi connectivity index (χ2n) is 11.1. The summed E-state index contributed by atoms with van der Waals surface area (Å²) in [6.07, 6.45) is 3.42. The SMILES string of the molecule is CN1C(C)(C)CC(Nc2nc(Nc3ccc(OCCN4CCOCC4)c(Cl)c3)ncc2C#N)CC1(C)C. The van der Waals surface area contributed by atoms with Crippen molar-refractivity contribution in [2.75, 3.05) is 57.1 Å². The Morgan fingerprint density at radius 3 is 2.54 bits per heavy atom. The van der Waals surface area contributed by atoms with Gasteiger partial charge in [0.25, 0.3) is 0 Å². The number of halogens is 1. The number of hydrogen-bond acceptors (Lipinski definition) is 9. The molecule has 2 aliphatic rings. The van der Waals surface area contributed by atoms with Crippen LogP contribution >= 0.6 is 11.6 Å². The van der Waals surface area contributed by atoms with Crippen molar-refractivity contribution >= 4 is 29.1 Å².